The van der Waals surface area contributed by atoms with E-state index in [-0.39, 0.29) is 19.8 Å². The smallest absolute Gasteiger partial charge is 0.232 e. The van der Waals surface area contributed by atoms with E-state index in [0.29, 0.717) is 0 Å². The summed E-state index contributed by atoms with van der Waals surface area (Å²) in [7, 11) is 0. The van der Waals surface area contributed by atoms with Crippen molar-refractivity contribution in [1.29, 1.82) is 0 Å². The molecule has 116 valence electrons. The number of rotatable bonds is 9. The summed E-state index contributed by atoms with van der Waals surface area (Å²) < 4.78 is 15.5. The Kier molecular flexibility index (Phi) is 6.84. The van der Waals surface area contributed by atoms with E-state index in [4.69, 9.17) is 14.2 Å². The van der Waals surface area contributed by atoms with Crippen molar-refractivity contribution in [2.45, 2.75) is 59.3 Å². The Hall–Kier alpha value is -0.280. The van der Waals surface area contributed by atoms with Crippen LogP contribution >= 0.6 is 0 Å². The summed E-state index contributed by atoms with van der Waals surface area (Å²) in [5.74, 6) is -5.94. The minimum Gasteiger partial charge on any atom is -0.353 e. The monoisotopic (exact) mass is 281 g/mol. The van der Waals surface area contributed by atoms with Gasteiger partial charge in [-0.05, 0) is 20.8 Å². The lowest BCUT2D eigenvalue weighted by Crippen LogP contribution is -2.69. The topological polar surface area (TPSA) is 91.6 Å². The van der Waals surface area contributed by atoms with Gasteiger partial charge in [0.05, 0.1) is 0 Å². The third kappa shape index (κ3) is 4.96. The van der Waals surface area contributed by atoms with Gasteiger partial charge in [0.15, 0.2) is 0 Å². The van der Waals surface area contributed by atoms with Crippen molar-refractivity contribution in [3.63, 3.8) is 0 Å². The summed E-state index contributed by atoms with van der Waals surface area (Å²) >= 11 is 0. The van der Waals surface area contributed by atoms with Crippen LogP contribution in [0, 0.1) is 0 Å². The lowest BCUT2D eigenvalue weighted by molar-refractivity contribution is -0.479. The molecule has 0 aromatic carbocycles. The van der Waals surface area contributed by atoms with Gasteiger partial charge in [0.1, 0.15) is 0 Å². The highest BCUT2D eigenvalue weighted by Gasteiger charge is 2.53. The van der Waals surface area contributed by atoms with Crippen LogP contribution in [0.5, 0.6) is 0 Å². The van der Waals surface area contributed by atoms with Crippen molar-refractivity contribution < 1.29 is 29.5 Å². The second-order valence-electron chi connectivity index (χ2n) is 4.44. The molecule has 0 radical (unpaired) electrons. The molecule has 0 fully saturated rings. The molecular weight excluding hydrogens is 254 g/mol. The van der Waals surface area contributed by atoms with Crippen LogP contribution in [-0.2, 0) is 14.2 Å². The number of hydrogen-bond acceptors (Lipinski definition) is 7. The highest BCUT2D eigenvalue weighted by atomic mass is 16.7. The first-order valence-electron chi connectivity index (χ1n) is 6.44. The van der Waals surface area contributed by atoms with Crippen molar-refractivity contribution in [2.24, 2.45) is 0 Å². The van der Waals surface area contributed by atoms with Gasteiger partial charge in [-0.2, -0.15) is 0 Å². The number of hydrogen-bond donors (Lipinski definition) is 3. The van der Waals surface area contributed by atoms with Gasteiger partial charge < -0.3 is 29.5 Å². The van der Waals surface area contributed by atoms with Crippen LogP contribution in [0.3, 0.4) is 0 Å². The second kappa shape index (κ2) is 6.94. The molecule has 0 heterocycles. The van der Waals surface area contributed by atoms with E-state index in [1.165, 1.54) is 20.8 Å². The number of aliphatic hydroxyl groups is 3. The predicted molar refractivity (Wildman–Crippen MR) is 68.6 cm³/mol. The summed E-state index contributed by atoms with van der Waals surface area (Å²) in [5, 5.41) is 31.0. The fourth-order valence-corrected chi connectivity index (χ4v) is 2.17. The maximum Gasteiger partial charge on any atom is 0.232 e. The molecule has 0 aliphatic heterocycles. The van der Waals surface area contributed by atoms with Crippen LogP contribution in [0.1, 0.15) is 41.5 Å². The van der Waals surface area contributed by atoms with Crippen LogP contribution < -0.4 is 0 Å². The third-order valence-corrected chi connectivity index (χ3v) is 2.50. The van der Waals surface area contributed by atoms with E-state index in [0.717, 1.165) is 4.90 Å². The Bertz CT molecular complexity index is 224. The van der Waals surface area contributed by atoms with Crippen LogP contribution in [0.25, 0.3) is 0 Å². The molecule has 0 amide bonds. The van der Waals surface area contributed by atoms with Crippen LogP contribution in [-0.4, -0.2) is 57.8 Å². The summed E-state index contributed by atoms with van der Waals surface area (Å²) in [6, 6.07) is 0. The van der Waals surface area contributed by atoms with Gasteiger partial charge in [0.25, 0.3) is 0 Å². The van der Waals surface area contributed by atoms with E-state index in [9.17, 15) is 15.3 Å². The van der Waals surface area contributed by atoms with Gasteiger partial charge >= 0.3 is 0 Å². The third-order valence-electron chi connectivity index (χ3n) is 2.50. The Morgan fingerprint density at radius 1 is 0.684 bits per heavy atom. The molecule has 0 aliphatic rings. The Labute approximate surface area is 114 Å². The zero-order valence-electron chi connectivity index (χ0n) is 12.6. The van der Waals surface area contributed by atoms with E-state index < -0.39 is 17.7 Å². The molecule has 7 heteroatoms. The molecule has 3 atom stereocenters. The van der Waals surface area contributed by atoms with Crippen LogP contribution in [0.4, 0.5) is 0 Å². The van der Waals surface area contributed by atoms with Gasteiger partial charge in [-0.1, -0.05) is 0 Å². The Morgan fingerprint density at radius 3 is 1.05 bits per heavy atom. The zero-order chi connectivity index (χ0) is 15.3. The van der Waals surface area contributed by atoms with Crippen LogP contribution in [0.2, 0.25) is 0 Å². The molecule has 3 N–H and O–H groups in total. The van der Waals surface area contributed by atoms with Crippen molar-refractivity contribution >= 4 is 0 Å². The Morgan fingerprint density at radius 2 is 0.895 bits per heavy atom. The highest BCUT2D eigenvalue weighted by Crippen LogP contribution is 2.32. The second-order valence-corrected chi connectivity index (χ2v) is 4.44. The van der Waals surface area contributed by atoms with Crippen molar-refractivity contribution in [1.82, 2.24) is 4.90 Å². The van der Waals surface area contributed by atoms with E-state index in [2.05, 4.69) is 0 Å². The minimum absolute atomic E-state index is 0.175. The molecule has 19 heavy (non-hydrogen) atoms. The zero-order valence-corrected chi connectivity index (χ0v) is 12.6. The maximum absolute atomic E-state index is 10.3. The van der Waals surface area contributed by atoms with E-state index in [1.807, 2.05) is 0 Å². The Balaban J connectivity index is 5.49. The molecule has 0 bridgehead atoms. The molecule has 0 rings (SSSR count). The summed E-state index contributed by atoms with van der Waals surface area (Å²) in [6.45, 7) is 9.43. The lowest BCUT2D eigenvalue weighted by atomic mass is 10.3. The maximum atomic E-state index is 10.3. The molecule has 0 aliphatic carbocycles. The quantitative estimate of drug-likeness (QED) is 0.527. The summed E-state index contributed by atoms with van der Waals surface area (Å²) in [6.07, 6.45) is 0. The fourth-order valence-electron chi connectivity index (χ4n) is 2.17. The first kappa shape index (κ1) is 18.7. The first-order valence-corrected chi connectivity index (χ1v) is 6.44. The van der Waals surface area contributed by atoms with Gasteiger partial charge in [-0.25, -0.2) is 0 Å². The fraction of sp³-hybridized carbons (Fsp3) is 1.00. The first-order chi connectivity index (χ1) is 8.55. The van der Waals surface area contributed by atoms with Crippen molar-refractivity contribution in [2.75, 3.05) is 19.8 Å². The summed E-state index contributed by atoms with van der Waals surface area (Å²) in [4.78, 5) is 0.823. The SMILES string of the molecule is CCOC(C)(O)N(C(C)(O)OCC)C(C)(O)OCC. The number of ether oxygens (including phenoxy) is 3. The molecule has 7 nitrogen and oxygen atoms in total. The van der Waals surface area contributed by atoms with Crippen LogP contribution in [0.15, 0.2) is 0 Å². The van der Waals surface area contributed by atoms with Gasteiger partial charge in [0.2, 0.25) is 17.7 Å². The largest absolute Gasteiger partial charge is 0.353 e. The number of nitrogens with zero attached hydrogens (tertiary/aromatic N) is 1. The molecule has 0 saturated heterocycles. The summed E-state index contributed by atoms with van der Waals surface area (Å²) in [5.41, 5.74) is 0. The molecule has 0 aromatic heterocycles. The molecule has 3 unspecified atom stereocenters. The van der Waals surface area contributed by atoms with Crippen molar-refractivity contribution in [3.05, 3.63) is 0 Å². The van der Waals surface area contributed by atoms with Gasteiger partial charge in [-0.15, -0.1) is 4.90 Å². The average Bonchev–Trinajstić information content (AvgIpc) is 2.14. The normalized spacial score (nSPS) is 21.8. The van der Waals surface area contributed by atoms with Gasteiger partial charge in [0, 0.05) is 40.6 Å². The predicted octanol–water partition coefficient (Wildman–Crippen LogP) is 0.396. The molecule has 0 spiro atoms. The van der Waals surface area contributed by atoms with E-state index in [1.54, 1.807) is 20.8 Å². The van der Waals surface area contributed by atoms with Crippen molar-refractivity contribution in [3.8, 4) is 0 Å². The lowest BCUT2D eigenvalue weighted by Gasteiger charge is -2.50. The average molecular weight is 281 g/mol. The van der Waals surface area contributed by atoms with E-state index >= 15 is 0 Å². The van der Waals surface area contributed by atoms with Gasteiger partial charge in [-0.3, -0.25) is 0 Å². The minimum atomic E-state index is -1.98. The molecule has 0 saturated carbocycles. The molecular formula is C12H27NO6. The molecule has 0 aromatic rings. The standard InChI is InChI=1S/C12H27NO6/c1-7-17-10(4,14)13(11(5,15)18-8-2)12(6,16)19-9-3/h14-16H,7-9H2,1-6H3. The highest BCUT2D eigenvalue weighted by molar-refractivity contribution is 4.78.